The van der Waals surface area contributed by atoms with E-state index in [1.807, 2.05) is 38.1 Å². The van der Waals surface area contributed by atoms with E-state index in [0.29, 0.717) is 0 Å². The van der Waals surface area contributed by atoms with Gasteiger partial charge in [-0.2, -0.15) is 0 Å². The third-order valence-electron chi connectivity index (χ3n) is 3.39. The van der Waals surface area contributed by atoms with Gasteiger partial charge in [-0.05, 0) is 25.5 Å². The first-order valence-electron chi connectivity index (χ1n) is 5.82. The van der Waals surface area contributed by atoms with Crippen molar-refractivity contribution in [1.82, 2.24) is 0 Å². The maximum absolute atomic E-state index is 12.4. The monoisotopic (exact) mass is 247 g/mol. The van der Waals surface area contributed by atoms with Gasteiger partial charge >= 0.3 is 0 Å². The molecule has 2 amide bonds. The Morgan fingerprint density at radius 1 is 1.39 bits per heavy atom. The molecular weight excluding hydrogens is 230 g/mol. The maximum atomic E-state index is 12.4. The largest absolute Gasteiger partial charge is 0.368 e. The fourth-order valence-corrected chi connectivity index (χ4v) is 2.27. The van der Waals surface area contributed by atoms with Crippen molar-refractivity contribution in [2.24, 2.45) is 11.5 Å². The third-order valence-corrected chi connectivity index (χ3v) is 3.39. The maximum Gasteiger partial charge on any atom is 0.237 e. The van der Waals surface area contributed by atoms with Crippen molar-refractivity contribution in [3.05, 3.63) is 29.8 Å². The third kappa shape index (κ3) is 1.76. The highest BCUT2D eigenvalue weighted by Crippen LogP contribution is 2.41. The molecule has 0 saturated heterocycles. The van der Waals surface area contributed by atoms with Gasteiger partial charge in [-0.15, -0.1) is 0 Å². The van der Waals surface area contributed by atoms with E-state index in [9.17, 15) is 9.59 Å². The average molecular weight is 247 g/mol. The molecule has 1 heterocycles. The highest BCUT2D eigenvalue weighted by atomic mass is 16.2. The second kappa shape index (κ2) is 4.10. The molecule has 1 aliphatic rings. The molecule has 0 spiro atoms. The molecule has 96 valence electrons. The van der Waals surface area contributed by atoms with Crippen molar-refractivity contribution in [3.63, 3.8) is 0 Å². The minimum absolute atomic E-state index is 0.0552. The Morgan fingerprint density at radius 2 is 2.00 bits per heavy atom. The first-order chi connectivity index (χ1) is 8.35. The standard InChI is InChI=1S/C13H17N3O2/c1-13(2)8-5-3-4-6-10(8)16(12(13)18)7-9(14)11(15)17/h3-6,9H,7,14H2,1-2H3,(H2,15,17). The SMILES string of the molecule is CC1(C)C(=O)N(CC(N)C(N)=O)c2ccccc21. The number of nitrogens with zero attached hydrogens (tertiary/aromatic N) is 1. The molecule has 1 aromatic carbocycles. The summed E-state index contributed by atoms with van der Waals surface area (Å²) in [5.74, 6) is -0.662. The van der Waals surface area contributed by atoms with E-state index in [2.05, 4.69) is 0 Å². The van der Waals surface area contributed by atoms with Gasteiger partial charge in [0.05, 0.1) is 12.0 Å². The van der Waals surface area contributed by atoms with Gasteiger partial charge in [-0.1, -0.05) is 18.2 Å². The fraction of sp³-hybridized carbons (Fsp3) is 0.385. The summed E-state index contributed by atoms with van der Waals surface area (Å²) in [5.41, 5.74) is 12.0. The van der Waals surface area contributed by atoms with Crippen LogP contribution in [-0.2, 0) is 15.0 Å². The van der Waals surface area contributed by atoms with Gasteiger partial charge in [-0.3, -0.25) is 9.59 Å². The lowest BCUT2D eigenvalue weighted by atomic mass is 9.86. The Labute approximate surface area is 106 Å². The number of rotatable bonds is 3. The zero-order chi connectivity index (χ0) is 13.5. The van der Waals surface area contributed by atoms with Crippen LogP contribution in [0.5, 0.6) is 0 Å². The van der Waals surface area contributed by atoms with Crippen LogP contribution in [0.4, 0.5) is 5.69 Å². The number of hydrogen-bond donors (Lipinski definition) is 2. The number of fused-ring (bicyclic) bond motifs is 1. The van der Waals surface area contributed by atoms with Crippen LogP contribution in [0.3, 0.4) is 0 Å². The summed E-state index contributed by atoms with van der Waals surface area (Å²) in [6.45, 7) is 3.85. The van der Waals surface area contributed by atoms with Crippen LogP contribution in [0.15, 0.2) is 24.3 Å². The first-order valence-corrected chi connectivity index (χ1v) is 5.82. The molecule has 1 atom stereocenters. The van der Waals surface area contributed by atoms with Gasteiger partial charge in [0.1, 0.15) is 6.04 Å². The number of amides is 2. The zero-order valence-corrected chi connectivity index (χ0v) is 10.5. The molecule has 5 nitrogen and oxygen atoms in total. The smallest absolute Gasteiger partial charge is 0.237 e. The van der Waals surface area contributed by atoms with Crippen molar-refractivity contribution in [1.29, 1.82) is 0 Å². The number of primary amides is 1. The normalized spacial score (nSPS) is 18.6. The van der Waals surface area contributed by atoms with Gasteiger partial charge in [-0.25, -0.2) is 0 Å². The molecule has 18 heavy (non-hydrogen) atoms. The summed E-state index contributed by atoms with van der Waals surface area (Å²) in [4.78, 5) is 24.9. The molecule has 0 bridgehead atoms. The predicted molar refractivity (Wildman–Crippen MR) is 69.0 cm³/mol. The molecule has 1 aliphatic heterocycles. The number of carbonyl (C=O) groups is 2. The van der Waals surface area contributed by atoms with Crippen LogP contribution in [-0.4, -0.2) is 24.4 Å². The van der Waals surface area contributed by atoms with Crippen LogP contribution >= 0.6 is 0 Å². The van der Waals surface area contributed by atoms with Crippen molar-refractivity contribution in [2.45, 2.75) is 25.3 Å². The Kier molecular flexibility index (Phi) is 2.86. The summed E-state index contributed by atoms with van der Waals surface area (Å²) >= 11 is 0. The van der Waals surface area contributed by atoms with Crippen LogP contribution < -0.4 is 16.4 Å². The minimum Gasteiger partial charge on any atom is -0.368 e. The molecule has 2 rings (SSSR count). The van der Waals surface area contributed by atoms with Crippen LogP contribution in [0.2, 0.25) is 0 Å². The van der Waals surface area contributed by atoms with E-state index in [0.717, 1.165) is 11.3 Å². The van der Waals surface area contributed by atoms with E-state index >= 15 is 0 Å². The molecule has 0 aliphatic carbocycles. The van der Waals surface area contributed by atoms with Gasteiger partial charge in [0.15, 0.2) is 0 Å². The van der Waals surface area contributed by atoms with Gasteiger partial charge in [0.2, 0.25) is 11.8 Å². The van der Waals surface area contributed by atoms with Crippen molar-refractivity contribution >= 4 is 17.5 Å². The highest BCUT2D eigenvalue weighted by molar-refractivity contribution is 6.08. The predicted octanol–water partition coefficient (Wildman–Crippen LogP) is 0.123. The highest BCUT2D eigenvalue weighted by Gasteiger charge is 2.44. The van der Waals surface area contributed by atoms with E-state index < -0.39 is 17.4 Å². The molecule has 4 N–H and O–H groups in total. The molecule has 5 heteroatoms. The van der Waals surface area contributed by atoms with Crippen molar-refractivity contribution in [3.8, 4) is 0 Å². The van der Waals surface area contributed by atoms with Gasteiger partial charge < -0.3 is 16.4 Å². The van der Waals surface area contributed by atoms with Gasteiger partial charge in [0, 0.05) is 5.69 Å². The fourth-order valence-electron chi connectivity index (χ4n) is 2.27. The average Bonchev–Trinajstić information content (AvgIpc) is 2.51. The van der Waals surface area contributed by atoms with E-state index in [4.69, 9.17) is 11.5 Å². The summed E-state index contributed by atoms with van der Waals surface area (Å²) in [7, 11) is 0. The van der Waals surface area contributed by atoms with Crippen molar-refractivity contribution in [2.75, 3.05) is 11.4 Å². The number of hydrogen-bond acceptors (Lipinski definition) is 3. The molecule has 0 fully saturated rings. The zero-order valence-electron chi connectivity index (χ0n) is 10.5. The number of para-hydroxylation sites is 1. The summed E-state index contributed by atoms with van der Waals surface area (Å²) < 4.78 is 0. The van der Waals surface area contributed by atoms with Crippen LogP contribution in [0.1, 0.15) is 19.4 Å². The minimum atomic E-state index is -0.851. The van der Waals surface area contributed by atoms with E-state index in [1.54, 1.807) is 4.90 Å². The second-order valence-corrected chi connectivity index (χ2v) is 5.07. The van der Waals surface area contributed by atoms with Crippen molar-refractivity contribution < 1.29 is 9.59 Å². The molecule has 0 radical (unpaired) electrons. The Morgan fingerprint density at radius 3 is 2.61 bits per heavy atom. The van der Waals surface area contributed by atoms with Crippen LogP contribution in [0.25, 0.3) is 0 Å². The quantitative estimate of drug-likeness (QED) is 0.795. The van der Waals surface area contributed by atoms with E-state index in [-0.39, 0.29) is 12.5 Å². The lowest BCUT2D eigenvalue weighted by Crippen LogP contribution is -2.48. The van der Waals surface area contributed by atoms with E-state index in [1.165, 1.54) is 0 Å². The Balaban J connectivity index is 2.39. The lowest BCUT2D eigenvalue weighted by Gasteiger charge is -2.22. The summed E-state index contributed by atoms with van der Waals surface area (Å²) in [6, 6.07) is 6.68. The van der Waals surface area contributed by atoms with Gasteiger partial charge in [0.25, 0.3) is 0 Å². The molecule has 0 saturated carbocycles. The van der Waals surface area contributed by atoms with Crippen LogP contribution in [0, 0.1) is 0 Å². The number of carbonyl (C=O) groups excluding carboxylic acids is 2. The first kappa shape index (κ1) is 12.6. The lowest BCUT2D eigenvalue weighted by molar-refractivity contribution is -0.122. The summed E-state index contributed by atoms with van der Waals surface area (Å²) in [5, 5.41) is 0. The molecular formula is C13H17N3O2. The number of benzene rings is 1. The number of nitrogens with two attached hydrogens (primary N) is 2. The Bertz CT molecular complexity index is 511. The molecule has 1 aromatic rings. The second-order valence-electron chi connectivity index (χ2n) is 5.07. The molecule has 0 aromatic heterocycles. The topological polar surface area (TPSA) is 89.4 Å². The number of anilines is 1. The summed E-state index contributed by atoms with van der Waals surface area (Å²) in [6.07, 6.45) is 0. The molecule has 1 unspecified atom stereocenters. The Hall–Kier alpha value is -1.88.